The molecule has 0 atom stereocenters. The normalized spacial score (nSPS) is 15.6. The van der Waals surface area contributed by atoms with Gasteiger partial charge in [-0.2, -0.15) is 0 Å². The summed E-state index contributed by atoms with van der Waals surface area (Å²) in [7, 11) is 3.25. The molecule has 0 spiro atoms. The Bertz CT molecular complexity index is 868. The first-order chi connectivity index (χ1) is 14.0. The van der Waals surface area contributed by atoms with Crippen LogP contribution in [0.25, 0.3) is 6.08 Å². The second-order valence-corrected chi connectivity index (χ2v) is 7.69. The first kappa shape index (κ1) is 21.4. The zero-order chi connectivity index (χ0) is 20.8. The van der Waals surface area contributed by atoms with Gasteiger partial charge in [0.15, 0.2) is 5.78 Å². The average molecular weight is 414 g/mol. The number of piperidine rings is 1. The van der Waals surface area contributed by atoms with Crippen molar-refractivity contribution in [1.82, 2.24) is 4.90 Å². The van der Waals surface area contributed by atoms with Crippen LogP contribution in [-0.2, 0) is 0 Å². The SMILES string of the molecule is CCN1CCC(c2cc(C(=O)/C=C/c3ccc(Cl)cc3)c(OC)cc2OC)CC1. The number of rotatable bonds is 7. The maximum Gasteiger partial charge on any atom is 0.189 e. The number of carbonyl (C=O) groups excluding carboxylic acids is 1. The number of hydrogen-bond acceptors (Lipinski definition) is 4. The van der Waals surface area contributed by atoms with Crippen molar-refractivity contribution in [2.24, 2.45) is 0 Å². The summed E-state index contributed by atoms with van der Waals surface area (Å²) in [5.41, 5.74) is 2.57. The van der Waals surface area contributed by atoms with Crippen molar-refractivity contribution in [3.05, 3.63) is 64.2 Å². The molecule has 0 radical (unpaired) electrons. The average Bonchev–Trinajstić information content (AvgIpc) is 2.77. The summed E-state index contributed by atoms with van der Waals surface area (Å²) in [6.07, 6.45) is 5.49. The molecule has 4 nitrogen and oxygen atoms in total. The molecule has 0 bridgehead atoms. The Morgan fingerprint density at radius 1 is 1.10 bits per heavy atom. The number of ether oxygens (including phenoxy) is 2. The number of halogens is 1. The van der Waals surface area contributed by atoms with E-state index < -0.39 is 0 Å². The van der Waals surface area contributed by atoms with Gasteiger partial charge in [0.2, 0.25) is 0 Å². The lowest BCUT2D eigenvalue weighted by Crippen LogP contribution is -2.32. The Balaban J connectivity index is 1.88. The van der Waals surface area contributed by atoms with E-state index in [1.807, 2.05) is 24.3 Å². The standard InChI is InChI=1S/C24H28ClNO3/c1-4-26-13-11-18(12-14-26)20-15-21(24(29-3)16-23(20)28-2)22(27)10-7-17-5-8-19(25)9-6-17/h5-10,15-16,18H,4,11-14H2,1-3H3/b10-7+. The molecule has 1 heterocycles. The van der Waals surface area contributed by atoms with Crippen LogP contribution in [0.15, 0.2) is 42.5 Å². The maximum absolute atomic E-state index is 13.0. The number of benzene rings is 2. The van der Waals surface area contributed by atoms with Gasteiger partial charge in [-0.3, -0.25) is 4.79 Å². The van der Waals surface area contributed by atoms with Crippen LogP contribution >= 0.6 is 11.6 Å². The van der Waals surface area contributed by atoms with Gasteiger partial charge in [0, 0.05) is 11.1 Å². The van der Waals surface area contributed by atoms with Crippen LogP contribution in [0.4, 0.5) is 0 Å². The number of carbonyl (C=O) groups is 1. The Morgan fingerprint density at radius 2 is 1.76 bits per heavy atom. The van der Waals surface area contributed by atoms with E-state index in [1.54, 1.807) is 38.5 Å². The summed E-state index contributed by atoms with van der Waals surface area (Å²) < 4.78 is 11.1. The van der Waals surface area contributed by atoms with Crippen molar-refractivity contribution in [2.45, 2.75) is 25.7 Å². The van der Waals surface area contributed by atoms with Crippen molar-refractivity contribution >= 4 is 23.5 Å². The van der Waals surface area contributed by atoms with Crippen molar-refractivity contribution < 1.29 is 14.3 Å². The molecule has 1 saturated heterocycles. The van der Waals surface area contributed by atoms with Gasteiger partial charge < -0.3 is 14.4 Å². The molecular weight excluding hydrogens is 386 g/mol. The molecule has 0 saturated carbocycles. The Morgan fingerprint density at radius 3 is 2.34 bits per heavy atom. The zero-order valence-electron chi connectivity index (χ0n) is 17.3. The van der Waals surface area contributed by atoms with E-state index in [0.717, 1.165) is 49.4 Å². The Kier molecular flexibility index (Phi) is 7.34. The molecule has 0 amide bonds. The zero-order valence-corrected chi connectivity index (χ0v) is 18.0. The van der Waals surface area contributed by atoms with Crippen molar-refractivity contribution in [3.8, 4) is 11.5 Å². The van der Waals surface area contributed by atoms with Gasteiger partial charge >= 0.3 is 0 Å². The Hall–Kier alpha value is -2.30. The van der Waals surface area contributed by atoms with E-state index in [2.05, 4.69) is 11.8 Å². The summed E-state index contributed by atoms with van der Waals surface area (Å²) in [4.78, 5) is 15.4. The summed E-state index contributed by atoms with van der Waals surface area (Å²) in [6, 6.07) is 11.2. The van der Waals surface area contributed by atoms with Gasteiger partial charge in [0.05, 0.1) is 19.8 Å². The molecule has 2 aromatic carbocycles. The molecule has 1 aliphatic rings. The first-order valence-corrected chi connectivity index (χ1v) is 10.4. The van der Waals surface area contributed by atoms with Crippen molar-refractivity contribution in [1.29, 1.82) is 0 Å². The van der Waals surface area contributed by atoms with Crippen LogP contribution in [0.1, 0.15) is 47.2 Å². The number of hydrogen-bond donors (Lipinski definition) is 0. The van der Waals surface area contributed by atoms with Gasteiger partial charge in [-0.25, -0.2) is 0 Å². The summed E-state index contributed by atoms with van der Waals surface area (Å²) in [5, 5.41) is 0.670. The van der Waals surface area contributed by atoms with E-state index in [0.29, 0.717) is 22.3 Å². The monoisotopic (exact) mass is 413 g/mol. The molecule has 1 fully saturated rings. The molecule has 5 heteroatoms. The molecule has 1 aliphatic heterocycles. The van der Waals surface area contributed by atoms with Gasteiger partial charge in [-0.1, -0.05) is 36.7 Å². The fourth-order valence-corrected chi connectivity index (χ4v) is 3.96. The fourth-order valence-electron chi connectivity index (χ4n) is 3.83. The van der Waals surface area contributed by atoms with Gasteiger partial charge in [-0.05, 0) is 73.8 Å². The maximum atomic E-state index is 13.0. The predicted octanol–water partition coefficient (Wildman–Crippen LogP) is 5.45. The van der Waals surface area contributed by atoms with Crippen molar-refractivity contribution in [2.75, 3.05) is 33.9 Å². The minimum atomic E-state index is -0.0910. The number of likely N-dealkylation sites (tertiary alicyclic amines) is 1. The van der Waals surface area contributed by atoms with E-state index >= 15 is 0 Å². The highest BCUT2D eigenvalue weighted by molar-refractivity contribution is 6.30. The summed E-state index contributed by atoms with van der Waals surface area (Å²) in [6.45, 7) is 5.40. The first-order valence-electron chi connectivity index (χ1n) is 10.0. The topological polar surface area (TPSA) is 38.8 Å². The molecule has 2 aromatic rings. The molecule has 3 rings (SSSR count). The second kappa shape index (κ2) is 9.95. The summed E-state index contributed by atoms with van der Waals surface area (Å²) in [5.74, 6) is 1.61. The van der Waals surface area contributed by atoms with Crippen LogP contribution in [-0.4, -0.2) is 44.5 Å². The van der Waals surface area contributed by atoms with Gasteiger partial charge in [0.1, 0.15) is 11.5 Å². The third-order valence-corrected chi connectivity index (χ3v) is 5.84. The number of nitrogens with zero attached hydrogens (tertiary/aromatic N) is 1. The van der Waals surface area contributed by atoms with Crippen LogP contribution in [0.2, 0.25) is 5.02 Å². The number of ketones is 1. The van der Waals surface area contributed by atoms with E-state index in [1.165, 1.54) is 0 Å². The van der Waals surface area contributed by atoms with Crippen LogP contribution in [0, 0.1) is 0 Å². The van der Waals surface area contributed by atoms with E-state index in [-0.39, 0.29) is 5.78 Å². The van der Waals surface area contributed by atoms with Gasteiger partial charge in [0.25, 0.3) is 0 Å². The predicted molar refractivity (Wildman–Crippen MR) is 118 cm³/mol. The van der Waals surface area contributed by atoms with Crippen LogP contribution < -0.4 is 9.47 Å². The smallest absolute Gasteiger partial charge is 0.189 e. The molecule has 0 N–H and O–H groups in total. The Labute approximate surface area is 178 Å². The number of methoxy groups -OCH3 is 2. The minimum absolute atomic E-state index is 0.0910. The molecular formula is C24H28ClNO3. The van der Waals surface area contributed by atoms with Crippen LogP contribution in [0.3, 0.4) is 0 Å². The van der Waals surface area contributed by atoms with Crippen LogP contribution in [0.5, 0.6) is 11.5 Å². The minimum Gasteiger partial charge on any atom is -0.496 e. The highest BCUT2D eigenvalue weighted by Gasteiger charge is 2.25. The molecule has 29 heavy (non-hydrogen) atoms. The van der Waals surface area contributed by atoms with E-state index in [4.69, 9.17) is 21.1 Å². The molecule has 0 unspecified atom stereocenters. The van der Waals surface area contributed by atoms with Gasteiger partial charge in [-0.15, -0.1) is 0 Å². The lowest BCUT2D eigenvalue weighted by atomic mass is 9.87. The fraction of sp³-hybridized carbons (Fsp3) is 0.375. The second-order valence-electron chi connectivity index (χ2n) is 7.25. The van der Waals surface area contributed by atoms with E-state index in [9.17, 15) is 4.79 Å². The molecule has 0 aliphatic carbocycles. The lowest BCUT2D eigenvalue weighted by molar-refractivity contribution is 0.104. The number of allylic oxidation sites excluding steroid dienone is 1. The quantitative estimate of drug-likeness (QED) is 0.446. The molecule has 154 valence electrons. The lowest BCUT2D eigenvalue weighted by Gasteiger charge is -2.32. The third kappa shape index (κ3) is 5.20. The largest absolute Gasteiger partial charge is 0.496 e. The highest BCUT2D eigenvalue weighted by atomic mass is 35.5. The summed E-state index contributed by atoms with van der Waals surface area (Å²) >= 11 is 5.93. The van der Waals surface area contributed by atoms with Crippen molar-refractivity contribution in [3.63, 3.8) is 0 Å². The highest BCUT2D eigenvalue weighted by Crippen LogP contribution is 2.38. The molecule has 0 aromatic heterocycles. The third-order valence-electron chi connectivity index (χ3n) is 5.59.